The number of rotatable bonds is 1. The highest BCUT2D eigenvalue weighted by atomic mass is 14.7. The summed E-state index contributed by atoms with van der Waals surface area (Å²) in [6.45, 7) is 11.3. The molecule has 1 aliphatic carbocycles. The Hall–Kier alpha value is -0.820. The van der Waals surface area contributed by atoms with Gasteiger partial charge in [0, 0.05) is 5.54 Å². The number of hydrogen-bond donors (Lipinski definition) is 1. The quantitative estimate of drug-likeness (QED) is 0.776. The van der Waals surface area contributed by atoms with E-state index in [1.807, 2.05) is 0 Å². The molecule has 0 unspecified atom stereocenters. The third kappa shape index (κ3) is 2.86. The predicted molar refractivity (Wildman–Crippen MR) is 83.6 cm³/mol. The molecular formula is C18H29N. The van der Waals surface area contributed by atoms with E-state index in [-0.39, 0.29) is 11.0 Å². The summed E-state index contributed by atoms with van der Waals surface area (Å²) in [4.78, 5) is 0. The molecule has 1 aromatic carbocycles. The van der Waals surface area contributed by atoms with E-state index in [9.17, 15) is 0 Å². The Morgan fingerprint density at radius 2 is 1.42 bits per heavy atom. The van der Waals surface area contributed by atoms with Crippen molar-refractivity contribution in [2.24, 2.45) is 5.73 Å². The maximum atomic E-state index is 6.74. The van der Waals surface area contributed by atoms with Crippen LogP contribution in [0.3, 0.4) is 0 Å². The summed E-state index contributed by atoms with van der Waals surface area (Å²) in [7, 11) is 0. The fourth-order valence-corrected chi connectivity index (χ4v) is 3.61. The smallest absolute Gasteiger partial charge is 0.0414 e. The summed E-state index contributed by atoms with van der Waals surface area (Å²) in [6, 6.07) is 4.71. The number of nitrogens with two attached hydrogens (primary N) is 1. The molecule has 0 radical (unpaired) electrons. The van der Waals surface area contributed by atoms with Crippen molar-refractivity contribution in [2.45, 2.75) is 77.7 Å². The lowest BCUT2D eigenvalue weighted by Gasteiger charge is -2.37. The molecule has 1 nitrogen and oxygen atoms in total. The van der Waals surface area contributed by atoms with Crippen LogP contribution in [0, 0.1) is 13.8 Å². The van der Waals surface area contributed by atoms with Gasteiger partial charge in [-0.3, -0.25) is 0 Å². The zero-order valence-corrected chi connectivity index (χ0v) is 13.3. The second-order valence-electron chi connectivity index (χ2n) is 7.45. The van der Waals surface area contributed by atoms with Crippen molar-refractivity contribution in [2.75, 3.05) is 0 Å². The maximum Gasteiger partial charge on any atom is 0.0414 e. The van der Waals surface area contributed by atoms with Crippen molar-refractivity contribution < 1.29 is 0 Å². The summed E-state index contributed by atoms with van der Waals surface area (Å²) < 4.78 is 0. The van der Waals surface area contributed by atoms with Gasteiger partial charge >= 0.3 is 0 Å². The third-order valence-corrected chi connectivity index (χ3v) is 4.64. The zero-order chi connectivity index (χ0) is 14.3. The van der Waals surface area contributed by atoms with Crippen molar-refractivity contribution in [1.82, 2.24) is 0 Å². The molecule has 1 saturated carbocycles. The van der Waals surface area contributed by atoms with Gasteiger partial charge in [0.15, 0.2) is 0 Å². The maximum absolute atomic E-state index is 6.74. The molecule has 0 amide bonds. The molecule has 0 aliphatic heterocycles. The summed E-state index contributed by atoms with van der Waals surface area (Å²) in [5, 5.41) is 0. The first kappa shape index (κ1) is 14.6. The van der Waals surface area contributed by atoms with E-state index in [4.69, 9.17) is 5.73 Å². The van der Waals surface area contributed by atoms with Crippen LogP contribution in [0.2, 0.25) is 0 Å². The van der Waals surface area contributed by atoms with Gasteiger partial charge in [-0.1, -0.05) is 52.2 Å². The van der Waals surface area contributed by atoms with Gasteiger partial charge in [-0.15, -0.1) is 0 Å². The number of benzene rings is 1. The highest BCUT2D eigenvalue weighted by Crippen LogP contribution is 2.39. The minimum atomic E-state index is -0.0805. The van der Waals surface area contributed by atoms with E-state index in [0.29, 0.717) is 0 Å². The zero-order valence-electron chi connectivity index (χ0n) is 13.3. The fourth-order valence-electron chi connectivity index (χ4n) is 3.61. The lowest BCUT2D eigenvalue weighted by atomic mass is 9.72. The first-order valence-corrected chi connectivity index (χ1v) is 7.65. The molecule has 0 heterocycles. The Balaban J connectivity index is 2.47. The first-order valence-electron chi connectivity index (χ1n) is 7.65. The molecule has 0 saturated heterocycles. The molecule has 1 fully saturated rings. The van der Waals surface area contributed by atoms with Crippen LogP contribution in [0.1, 0.15) is 75.1 Å². The Morgan fingerprint density at radius 3 is 1.84 bits per heavy atom. The van der Waals surface area contributed by atoms with Crippen LogP contribution in [0.25, 0.3) is 0 Å². The van der Waals surface area contributed by atoms with E-state index in [2.05, 4.69) is 46.8 Å². The van der Waals surface area contributed by atoms with Gasteiger partial charge in [0.1, 0.15) is 0 Å². The third-order valence-electron chi connectivity index (χ3n) is 4.64. The fraction of sp³-hybridized carbons (Fsp3) is 0.667. The van der Waals surface area contributed by atoms with Gasteiger partial charge in [0.2, 0.25) is 0 Å². The molecule has 2 rings (SSSR count). The molecule has 0 bridgehead atoms. The number of hydrogen-bond acceptors (Lipinski definition) is 1. The van der Waals surface area contributed by atoms with Gasteiger partial charge < -0.3 is 5.73 Å². The summed E-state index contributed by atoms with van der Waals surface area (Å²) in [5.41, 5.74) is 12.5. The van der Waals surface area contributed by atoms with Crippen molar-refractivity contribution in [1.29, 1.82) is 0 Å². The summed E-state index contributed by atoms with van der Waals surface area (Å²) in [5.74, 6) is 0. The lowest BCUT2D eigenvalue weighted by Crippen LogP contribution is -2.40. The number of aryl methyl sites for hydroxylation is 2. The van der Waals surface area contributed by atoms with Crippen molar-refractivity contribution >= 4 is 0 Å². The van der Waals surface area contributed by atoms with Crippen LogP contribution >= 0.6 is 0 Å². The normalized spacial score (nSPS) is 19.5. The second kappa shape index (κ2) is 4.94. The van der Waals surface area contributed by atoms with Crippen molar-refractivity contribution in [3.05, 3.63) is 34.4 Å². The van der Waals surface area contributed by atoms with Gasteiger partial charge in [-0.05, 0) is 54.4 Å². The van der Waals surface area contributed by atoms with E-state index in [1.54, 1.807) is 0 Å². The first-order chi connectivity index (χ1) is 8.74. The molecule has 0 spiro atoms. The molecule has 1 heteroatoms. The Labute approximate surface area is 118 Å². The Kier molecular flexibility index (Phi) is 3.79. The van der Waals surface area contributed by atoms with E-state index in [1.165, 1.54) is 41.5 Å². The van der Waals surface area contributed by atoms with Gasteiger partial charge in [0.05, 0.1) is 0 Å². The summed E-state index contributed by atoms with van der Waals surface area (Å²) in [6.07, 6.45) is 6.18. The van der Waals surface area contributed by atoms with E-state index in [0.717, 1.165) is 12.8 Å². The summed E-state index contributed by atoms with van der Waals surface area (Å²) >= 11 is 0. The van der Waals surface area contributed by atoms with E-state index < -0.39 is 0 Å². The molecule has 106 valence electrons. The monoisotopic (exact) mass is 259 g/mol. The Morgan fingerprint density at radius 1 is 0.947 bits per heavy atom. The lowest BCUT2D eigenvalue weighted by molar-refractivity contribution is 0.300. The minimum Gasteiger partial charge on any atom is -0.321 e. The van der Waals surface area contributed by atoms with Gasteiger partial charge in [-0.2, -0.15) is 0 Å². The molecule has 2 N–H and O–H groups in total. The highest BCUT2D eigenvalue weighted by molar-refractivity contribution is 5.44. The van der Waals surface area contributed by atoms with E-state index >= 15 is 0 Å². The largest absolute Gasteiger partial charge is 0.321 e. The minimum absolute atomic E-state index is 0.0805. The molecular weight excluding hydrogens is 230 g/mol. The van der Waals surface area contributed by atoms with Crippen LogP contribution in [-0.2, 0) is 11.0 Å². The standard InChI is InChI=1S/C18H29N/c1-13-11-15(17(3,4)5)12-14(2)16(13)18(19)9-7-6-8-10-18/h11-12H,6-10,19H2,1-5H3. The van der Waals surface area contributed by atoms with Crippen molar-refractivity contribution in [3.8, 4) is 0 Å². The molecule has 0 atom stereocenters. The Bertz CT molecular complexity index is 436. The van der Waals surface area contributed by atoms with Crippen molar-refractivity contribution in [3.63, 3.8) is 0 Å². The second-order valence-corrected chi connectivity index (χ2v) is 7.45. The van der Waals surface area contributed by atoms with Gasteiger partial charge in [0.25, 0.3) is 0 Å². The van der Waals surface area contributed by atoms with Crippen LogP contribution in [0.15, 0.2) is 12.1 Å². The molecule has 1 aromatic rings. The SMILES string of the molecule is Cc1cc(C(C)(C)C)cc(C)c1C1(N)CCCCC1. The van der Waals surface area contributed by atoms with Crippen LogP contribution in [0.4, 0.5) is 0 Å². The van der Waals surface area contributed by atoms with Crippen LogP contribution < -0.4 is 5.73 Å². The topological polar surface area (TPSA) is 26.0 Å². The average molecular weight is 259 g/mol. The van der Waals surface area contributed by atoms with Crippen LogP contribution in [-0.4, -0.2) is 0 Å². The van der Waals surface area contributed by atoms with Gasteiger partial charge in [-0.25, -0.2) is 0 Å². The predicted octanol–water partition coefficient (Wildman–Crippen LogP) is 4.72. The highest BCUT2D eigenvalue weighted by Gasteiger charge is 2.32. The molecule has 19 heavy (non-hydrogen) atoms. The average Bonchev–Trinajstić information content (AvgIpc) is 2.27. The van der Waals surface area contributed by atoms with Crippen LogP contribution in [0.5, 0.6) is 0 Å². The molecule has 0 aromatic heterocycles. The molecule has 1 aliphatic rings.